The van der Waals surface area contributed by atoms with Crippen LogP contribution in [0.25, 0.3) is 0 Å². The Hall–Kier alpha value is -0.490. The Morgan fingerprint density at radius 2 is 1.95 bits per heavy atom. The molecular formula is C14H21Cl2NO3S. The summed E-state index contributed by atoms with van der Waals surface area (Å²) in [6, 6.07) is 3.42. The molecule has 0 aromatic heterocycles. The highest BCUT2D eigenvalue weighted by Crippen LogP contribution is 2.32. The van der Waals surface area contributed by atoms with Crippen molar-refractivity contribution in [1.29, 1.82) is 0 Å². The van der Waals surface area contributed by atoms with Gasteiger partial charge in [-0.1, -0.05) is 37.0 Å². The molecule has 0 fully saturated rings. The number of nitrogens with one attached hydrogen (secondary N) is 1. The van der Waals surface area contributed by atoms with Crippen molar-refractivity contribution in [3.8, 4) is 5.75 Å². The molecule has 0 aliphatic rings. The van der Waals surface area contributed by atoms with Crippen molar-refractivity contribution >= 4 is 33.0 Å². The van der Waals surface area contributed by atoms with Crippen LogP contribution in [0.3, 0.4) is 0 Å². The normalized spacial score (nSPS) is 11.6. The summed E-state index contributed by atoms with van der Waals surface area (Å²) in [6.45, 7) is 5.36. The SMILES string of the molecule is CCNCc1cc(Cl)cc(Cl)c1OCCCS(=O)(=O)CC. The first-order chi connectivity index (χ1) is 9.89. The van der Waals surface area contributed by atoms with Gasteiger partial charge in [-0.2, -0.15) is 0 Å². The van der Waals surface area contributed by atoms with Crippen LogP contribution in [0.1, 0.15) is 25.8 Å². The maximum atomic E-state index is 11.4. The zero-order valence-electron chi connectivity index (χ0n) is 12.3. The van der Waals surface area contributed by atoms with Crippen molar-refractivity contribution in [2.75, 3.05) is 24.7 Å². The van der Waals surface area contributed by atoms with Gasteiger partial charge >= 0.3 is 0 Å². The zero-order valence-corrected chi connectivity index (χ0v) is 14.6. The largest absolute Gasteiger partial charge is 0.492 e. The van der Waals surface area contributed by atoms with Gasteiger partial charge in [0.25, 0.3) is 0 Å². The van der Waals surface area contributed by atoms with Crippen molar-refractivity contribution in [3.05, 3.63) is 27.7 Å². The first-order valence-corrected chi connectivity index (χ1v) is 9.49. The molecule has 0 saturated heterocycles. The number of ether oxygens (including phenoxy) is 1. The highest BCUT2D eigenvalue weighted by molar-refractivity contribution is 7.91. The van der Waals surface area contributed by atoms with E-state index in [2.05, 4.69) is 5.32 Å². The molecule has 0 aliphatic carbocycles. The van der Waals surface area contributed by atoms with Gasteiger partial charge in [0, 0.05) is 22.9 Å². The third kappa shape index (κ3) is 6.43. The Morgan fingerprint density at radius 3 is 2.57 bits per heavy atom. The first kappa shape index (κ1) is 18.6. The Kier molecular flexibility index (Phi) is 7.81. The van der Waals surface area contributed by atoms with E-state index < -0.39 is 9.84 Å². The minimum absolute atomic E-state index is 0.122. The van der Waals surface area contributed by atoms with Gasteiger partial charge in [-0.25, -0.2) is 8.42 Å². The highest BCUT2D eigenvalue weighted by Gasteiger charge is 2.12. The molecule has 1 aromatic rings. The minimum atomic E-state index is -2.96. The van der Waals surface area contributed by atoms with E-state index in [-0.39, 0.29) is 11.5 Å². The van der Waals surface area contributed by atoms with Crippen LogP contribution in [0.5, 0.6) is 5.75 Å². The molecule has 1 rings (SSSR count). The number of hydrogen-bond acceptors (Lipinski definition) is 4. The van der Waals surface area contributed by atoms with E-state index in [0.29, 0.717) is 35.4 Å². The van der Waals surface area contributed by atoms with Crippen LogP contribution >= 0.6 is 23.2 Å². The summed E-state index contributed by atoms with van der Waals surface area (Å²) in [5.74, 6) is 0.841. The lowest BCUT2D eigenvalue weighted by atomic mass is 10.2. The summed E-state index contributed by atoms with van der Waals surface area (Å²) in [5, 5.41) is 4.18. The molecule has 0 radical (unpaired) electrons. The Bertz CT molecular complexity index is 562. The summed E-state index contributed by atoms with van der Waals surface area (Å²) in [4.78, 5) is 0. The number of halogens is 2. The fraction of sp³-hybridized carbons (Fsp3) is 0.571. The quantitative estimate of drug-likeness (QED) is 0.692. The molecule has 4 nitrogen and oxygen atoms in total. The fourth-order valence-corrected chi connectivity index (χ4v) is 3.20. The highest BCUT2D eigenvalue weighted by atomic mass is 35.5. The Balaban J connectivity index is 2.69. The van der Waals surface area contributed by atoms with Crippen LogP contribution in [-0.4, -0.2) is 33.1 Å². The molecular weight excluding hydrogens is 333 g/mol. The molecule has 0 unspecified atom stereocenters. The Morgan fingerprint density at radius 1 is 1.24 bits per heavy atom. The molecule has 0 aliphatic heterocycles. The van der Waals surface area contributed by atoms with Gasteiger partial charge in [-0.3, -0.25) is 0 Å². The maximum absolute atomic E-state index is 11.4. The number of rotatable bonds is 9. The third-order valence-electron chi connectivity index (χ3n) is 2.94. The molecule has 21 heavy (non-hydrogen) atoms. The molecule has 0 heterocycles. The lowest BCUT2D eigenvalue weighted by molar-refractivity contribution is 0.314. The predicted molar refractivity (Wildman–Crippen MR) is 88.3 cm³/mol. The summed E-state index contributed by atoms with van der Waals surface area (Å²) in [7, 11) is -2.96. The maximum Gasteiger partial charge on any atom is 0.150 e. The second-order valence-corrected chi connectivity index (χ2v) is 7.91. The second-order valence-electron chi connectivity index (χ2n) is 4.59. The molecule has 7 heteroatoms. The molecule has 0 saturated carbocycles. The van der Waals surface area contributed by atoms with Gasteiger partial charge in [-0.05, 0) is 25.1 Å². The first-order valence-electron chi connectivity index (χ1n) is 6.91. The summed E-state index contributed by atoms with van der Waals surface area (Å²) < 4.78 is 28.5. The van der Waals surface area contributed by atoms with E-state index in [1.54, 1.807) is 19.1 Å². The second kappa shape index (κ2) is 8.83. The van der Waals surface area contributed by atoms with Crippen LogP contribution in [0.4, 0.5) is 0 Å². The van der Waals surface area contributed by atoms with Crippen LogP contribution < -0.4 is 10.1 Å². The summed E-state index contributed by atoms with van der Waals surface area (Å²) in [6.07, 6.45) is 0.440. The molecule has 0 bridgehead atoms. The topological polar surface area (TPSA) is 55.4 Å². The van der Waals surface area contributed by atoms with Crippen molar-refractivity contribution in [3.63, 3.8) is 0 Å². The van der Waals surface area contributed by atoms with Crippen molar-refractivity contribution < 1.29 is 13.2 Å². The number of hydrogen-bond donors (Lipinski definition) is 1. The van der Waals surface area contributed by atoms with Gasteiger partial charge < -0.3 is 10.1 Å². The van der Waals surface area contributed by atoms with Gasteiger partial charge in [0.05, 0.1) is 17.4 Å². The predicted octanol–water partition coefficient (Wildman–Crippen LogP) is 3.31. The molecule has 120 valence electrons. The molecule has 0 atom stereocenters. The summed E-state index contributed by atoms with van der Waals surface area (Å²) in [5.41, 5.74) is 0.868. The fourth-order valence-electron chi connectivity index (χ4n) is 1.76. The van der Waals surface area contributed by atoms with Crippen LogP contribution in [0.15, 0.2) is 12.1 Å². The average Bonchev–Trinajstić information content (AvgIpc) is 2.42. The lowest BCUT2D eigenvalue weighted by Gasteiger charge is -2.14. The molecule has 1 aromatic carbocycles. The van der Waals surface area contributed by atoms with E-state index in [9.17, 15) is 8.42 Å². The standard InChI is InChI=1S/C14H21Cl2NO3S/c1-3-17-10-11-8-12(15)9-13(16)14(11)20-6-5-7-21(18,19)4-2/h8-9,17H,3-7,10H2,1-2H3. The zero-order chi connectivity index (χ0) is 15.9. The molecule has 1 N–H and O–H groups in total. The molecule has 0 spiro atoms. The monoisotopic (exact) mass is 353 g/mol. The van der Waals surface area contributed by atoms with Crippen LogP contribution in [-0.2, 0) is 16.4 Å². The smallest absolute Gasteiger partial charge is 0.150 e. The van der Waals surface area contributed by atoms with E-state index in [4.69, 9.17) is 27.9 Å². The van der Waals surface area contributed by atoms with E-state index in [0.717, 1.165) is 12.1 Å². The van der Waals surface area contributed by atoms with Gasteiger partial charge in [-0.15, -0.1) is 0 Å². The Labute approximate surface area is 136 Å². The van der Waals surface area contributed by atoms with Crippen molar-refractivity contribution in [2.45, 2.75) is 26.8 Å². The lowest BCUT2D eigenvalue weighted by Crippen LogP contribution is -2.15. The van der Waals surface area contributed by atoms with E-state index in [1.807, 2.05) is 6.92 Å². The van der Waals surface area contributed by atoms with Crippen LogP contribution in [0.2, 0.25) is 10.0 Å². The van der Waals surface area contributed by atoms with Gasteiger partial charge in [0.15, 0.2) is 0 Å². The third-order valence-corrected chi connectivity index (χ3v) is 5.23. The van der Waals surface area contributed by atoms with Gasteiger partial charge in [0.2, 0.25) is 0 Å². The van der Waals surface area contributed by atoms with Gasteiger partial charge in [0.1, 0.15) is 15.6 Å². The number of benzene rings is 1. The summed E-state index contributed by atoms with van der Waals surface area (Å²) >= 11 is 12.1. The molecule has 0 amide bonds. The minimum Gasteiger partial charge on any atom is -0.492 e. The average molecular weight is 354 g/mol. The van der Waals surface area contributed by atoms with Crippen molar-refractivity contribution in [2.24, 2.45) is 0 Å². The van der Waals surface area contributed by atoms with E-state index in [1.165, 1.54) is 0 Å². The number of sulfone groups is 1. The van der Waals surface area contributed by atoms with E-state index >= 15 is 0 Å². The van der Waals surface area contributed by atoms with Crippen LogP contribution in [0, 0.1) is 0 Å². The van der Waals surface area contributed by atoms with Crippen molar-refractivity contribution in [1.82, 2.24) is 5.32 Å².